The fraction of sp³-hybridized carbons (Fsp3) is 0.414. The third-order valence-electron chi connectivity index (χ3n) is 8.03. The Morgan fingerprint density at radius 2 is 1.90 bits per heavy atom. The molecule has 2 aromatic carbocycles. The van der Waals surface area contributed by atoms with Crippen LogP contribution in [0.15, 0.2) is 42.6 Å². The zero-order valence-corrected chi connectivity index (χ0v) is 23.2. The summed E-state index contributed by atoms with van der Waals surface area (Å²) in [7, 11) is -3.12. The van der Waals surface area contributed by atoms with E-state index < -0.39 is 15.7 Å². The fourth-order valence-corrected chi connectivity index (χ4v) is 6.78. The molecule has 0 atom stereocenters. The average molecular weight is 566 g/mol. The molecule has 0 bridgehead atoms. The number of nitrogens with zero attached hydrogens (tertiary/aromatic N) is 4. The molecule has 40 heavy (non-hydrogen) atoms. The molecule has 2 aliphatic heterocycles. The van der Waals surface area contributed by atoms with E-state index in [4.69, 9.17) is 4.74 Å². The Kier molecular flexibility index (Phi) is 6.95. The second kappa shape index (κ2) is 10.4. The van der Waals surface area contributed by atoms with Crippen LogP contribution in [0.3, 0.4) is 0 Å². The van der Waals surface area contributed by atoms with Gasteiger partial charge in [0.15, 0.2) is 5.82 Å². The Morgan fingerprint density at radius 3 is 2.67 bits per heavy atom. The van der Waals surface area contributed by atoms with Crippen LogP contribution in [-0.2, 0) is 9.84 Å². The van der Waals surface area contributed by atoms with Gasteiger partial charge < -0.3 is 15.2 Å². The van der Waals surface area contributed by atoms with Crippen molar-refractivity contribution >= 4 is 37.3 Å². The first-order chi connectivity index (χ1) is 19.2. The van der Waals surface area contributed by atoms with Gasteiger partial charge in [-0.05, 0) is 68.1 Å². The van der Waals surface area contributed by atoms with Gasteiger partial charge in [-0.2, -0.15) is 9.97 Å². The highest BCUT2D eigenvalue weighted by atomic mass is 32.2. The first-order valence-electron chi connectivity index (χ1n) is 13.6. The van der Waals surface area contributed by atoms with E-state index in [1.54, 1.807) is 6.07 Å². The molecule has 4 aromatic rings. The van der Waals surface area contributed by atoms with Crippen molar-refractivity contribution in [3.8, 4) is 23.0 Å². The van der Waals surface area contributed by atoms with Crippen LogP contribution in [0.1, 0.15) is 32.1 Å². The summed E-state index contributed by atoms with van der Waals surface area (Å²) < 4.78 is 45.6. The van der Waals surface area contributed by atoms with Gasteiger partial charge in [-0.1, -0.05) is 24.3 Å². The fourth-order valence-electron chi connectivity index (χ4n) is 6.12. The molecule has 2 aliphatic rings. The second-order valence-corrected chi connectivity index (χ2v) is 13.1. The molecule has 2 aromatic heterocycles. The Morgan fingerprint density at radius 1 is 1.12 bits per heavy atom. The van der Waals surface area contributed by atoms with Crippen LogP contribution in [0.2, 0.25) is 0 Å². The maximum Gasteiger partial charge on any atom is 0.319 e. The van der Waals surface area contributed by atoms with E-state index in [1.165, 1.54) is 18.5 Å². The van der Waals surface area contributed by atoms with E-state index in [0.29, 0.717) is 36.3 Å². The molecular formula is C29H32FN5O4S. The van der Waals surface area contributed by atoms with Crippen molar-refractivity contribution in [3.63, 3.8) is 0 Å². The van der Waals surface area contributed by atoms with Crippen LogP contribution < -0.4 is 10.1 Å². The van der Waals surface area contributed by atoms with Crippen LogP contribution >= 0.6 is 0 Å². The summed E-state index contributed by atoms with van der Waals surface area (Å²) in [5.74, 6) is -0.293. The zero-order valence-electron chi connectivity index (χ0n) is 22.4. The first-order valence-corrected chi connectivity index (χ1v) is 15.7. The van der Waals surface area contributed by atoms with E-state index in [2.05, 4.69) is 25.2 Å². The molecular weight excluding hydrogens is 533 g/mol. The summed E-state index contributed by atoms with van der Waals surface area (Å²) in [5.41, 5.74) is 0.512. The van der Waals surface area contributed by atoms with Crippen LogP contribution in [0.4, 0.5) is 10.2 Å². The lowest BCUT2D eigenvalue weighted by atomic mass is 9.95. The van der Waals surface area contributed by atoms with E-state index >= 15 is 4.39 Å². The number of hydrogen-bond acceptors (Lipinski definition) is 9. The highest BCUT2D eigenvalue weighted by molar-refractivity contribution is 7.90. The van der Waals surface area contributed by atoms with Crippen molar-refractivity contribution in [1.29, 1.82) is 0 Å². The molecule has 0 spiro atoms. The van der Waals surface area contributed by atoms with Crippen molar-refractivity contribution in [2.75, 3.05) is 43.6 Å². The van der Waals surface area contributed by atoms with E-state index in [0.717, 1.165) is 49.5 Å². The third kappa shape index (κ3) is 5.15. The number of ether oxygens (including phenoxy) is 1. The molecule has 0 radical (unpaired) electrons. The number of hydrogen-bond donors (Lipinski definition) is 2. The van der Waals surface area contributed by atoms with Crippen LogP contribution in [0, 0.1) is 5.82 Å². The Balaban J connectivity index is 1.40. The smallest absolute Gasteiger partial charge is 0.319 e. The van der Waals surface area contributed by atoms with Gasteiger partial charge in [0.25, 0.3) is 0 Å². The van der Waals surface area contributed by atoms with Gasteiger partial charge in [0.1, 0.15) is 39.2 Å². The number of anilines is 1. The molecule has 0 aliphatic carbocycles. The molecule has 210 valence electrons. The number of phenolic OH excluding ortho intramolecular Hbond substituents is 1. The minimum atomic E-state index is -3.12. The molecule has 6 rings (SSSR count). The molecule has 11 heteroatoms. The summed E-state index contributed by atoms with van der Waals surface area (Å²) in [5, 5.41) is 15.4. The standard InChI is InChI=1S/C29H32FN5O4S/c1-40(37,38)14-6-11-31-27-23-17-32-25(22-16-20(36)15-19-7-2-3-8-21(19)22)24(30)26(23)33-28(34-27)39-18-29-9-4-12-35(29)13-5-10-29/h2-3,7-8,15-17,36H,4-6,9-14,18H2,1H3,(H,31,33,34). The maximum absolute atomic E-state index is 16.3. The largest absolute Gasteiger partial charge is 0.508 e. The number of benzene rings is 2. The quantitative estimate of drug-likeness (QED) is 0.282. The summed E-state index contributed by atoms with van der Waals surface area (Å²) in [4.78, 5) is 15.9. The number of nitrogens with one attached hydrogen (secondary N) is 1. The first kappa shape index (κ1) is 26.6. The number of rotatable bonds is 9. The van der Waals surface area contributed by atoms with Gasteiger partial charge in [-0.3, -0.25) is 9.88 Å². The Bertz CT molecular complexity index is 1690. The van der Waals surface area contributed by atoms with E-state index in [1.807, 2.05) is 24.3 Å². The molecule has 2 saturated heterocycles. The molecule has 9 nitrogen and oxygen atoms in total. The Hall–Kier alpha value is -3.57. The van der Waals surface area contributed by atoms with E-state index in [-0.39, 0.29) is 34.3 Å². The number of fused-ring (bicyclic) bond motifs is 3. The number of aromatic nitrogens is 3. The molecule has 0 unspecified atom stereocenters. The lowest BCUT2D eigenvalue weighted by molar-refractivity contribution is 0.108. The normalized spacial score (nSPS) is 16.9. The molecule has 2 fully saturated rings. The maximum atomic E-state index is 16.3. The van der Waals surface area contributed by atoms with Crippen LogP contribution in [-0.4, -0.2) is 77.2 Å². The highest BCUT2D eigenvalue weighted by Crippen LogP contribution is 2.40. The minimum absolute atomic E-state index is 0.00637. The van der Waals surface area contributed by atoms with Crippen molar-refractivity contribution in [2.45, 2.75) is 37.6 Å². The number of aromatic hydroxyl groups is 1. The number of phenols is 1. The van der Waals surface area contributed by atoms with Gasteiger partial charge in [0.2, 0.25) is 0 Å². The summed E-state index contributed by atoms with van der Waals surface area (Å²) in [6.45, 7) is 2.84. The number of halogens is 1. The monoisotopic (exact) mass is 565 g/mol. The Labute approximate surface area is 232 Å². The lowest BCUT2D eigenvalue weighted by Gasteiger charge is -2.31. The van der Waals surface area contributed by atoms with E-state index in [9.17, 15) is 13.5 Å². The molecule has 0 amide bonds. The predicted molar refractivity (Wildman–Crippen MR) is 153 cm³/mol. The summed E-state index contributed by atoms with van der Waals surface area (Å²) in [6, 6.07) is 10.6. The highest BCUT2D eigenvalue weighted by Gasteiger charge is 2.45. The molecule has 0 saturated carbocycles. The predicted octanol–water partition coefficient (Wildman–Crippen LogP) is 4.54. The number of pyridine rings is 1. The van der Waals surface area contributed by atoms with Crippen LogP contribution in [0.5, 0.6) is 11.8 Å². The minimum Gasteiger partial charge on any atom is -0.508 e. The van der Waals surface area contributed by atoms with Crippen molar-refractivity contribution in [1.82, 2.24) is 19.9 Å². The van der Waals surface area contributed by atoms with Crippen molar-refractivity contribution < 1.29 is 22.7 Å². The SMILES string of the molecule is CS(=O)(=O)CCCNc1nc(OCC23CCCN2CCC3)nc2c(F)c(-c3cc(O)cc4ccccc34)ncc12. The molecule has 4 heterocycles. The van der Waals surface area contributed by atoms with Gasteiger partial charge in [0.05, 0.1) is 16.7 Å². The van der Waals surface area contributed by atoms with Crippen molar-refractivity contribution in [2.24, 2.45) is 0 Å². The summed E-state index contributed by atoms with van der Waals surface area (Å²) >= 11 is 0. The van der Waals surface area contributed by atoms with Crippen LogP contribution in [0.25, 0.3) is 32.9 Å². The summed E-state index contributed by atoms with van der Waals surface area (Å²) in [6.07, 6.45) is 7.40. The molecule has 2 N–H and O–H groups in total. The third-order valence-corrected chi connectivity index (χ3v) is 9.06. The van der Waals surface area contributed by atoms with Gasteiger partial charge >= 0.3 is 6.01 Å². The average Bonchev–Trinajstić information content (AvgIpc) is 3.50. The van der Waals surface area contributed by atoms with Gasteiger partial charge in [-0.25, -0.2) is 12.8 Å². The van der Waals surface area contributed by atoms with Gasteiger partial charge in [-0.15, -0.1) is 0 Å². The van der Waals surface area contributed by atoms with Crippen molar-refractivity contribution in [3.05, 3.63) is 48.4 Å². The lowest BCUT2D eigenvalue weighted by Crippen LogP contribution is -2.43. The topological polar surface area (TPSA) is 118 Å². The second-order valence-electron chi connectivity index (χ2n) is 10.9. The zero-order chi connectivity index (χ0) is 27.9. The van der Waals surface area contributed by atoms with Gasteiger partial charge in [0, 0.05) is 24.6 Å². The number of sulfone groups is 1.